The minimum atomic E-state index is -0.0948. The first kappa shape index (κ1) is 15.7. The Kier molecular flexibility index (Phi) is 5.11. The van der Waals surface area contributed by atoms with Gasteiger partial charge in [0.15, 0.2) is 0 Å². The number of amides is 1. The summed E-state index contributed by atoms with van der Waals surface area (Å²) in [6, 6.07) is 9.37. The molecule has 21 heavy (non-hydrogen) atoms. The number of carbonyl (C=O) groups is 1. The zero-order valence-corrected chi connectivity index (χ0v) is 14.4. The van der Waals surface area contributed by atoms with Gasteiger partial charge >= 0.3 is 0 Å². The van der Waals surface area contributed by atoms with E-state index in [9.17, 15) is 4.79 Å². The fourth-order valence-electron chi connectivity index (χ4n) is 1.82. The molecular formula is C15H17IN4O. The van der Waals surface area contributed by atoms with Gasteiger partial charge in [-0.05, 0) is 47.7 Å². The molecule has 0 saturated heterocycles. The number of halogens is 1. The molecule has 6 heteroatoms. The van der Waals surface area contributed by atoms with E-state index in [0.717, 1.165) is 15.0 Å². The van der Waals surface area contributed by atoms with Crippen LogP contribution in [0.3, 0.4) is 0 Å². The molecule has 1 amide bonds. The summed E-state index contributed by atoms with van der Waals surface area (Å²) in [4.78, 5) is 22.8. The minimum absolute atomic E-state index is 0.0948. The van der Waals surface area contributed by atoms with Crippen LogP contribution in [-0.2, 0) is 6.54 Å². The van der Waals surface area contributed by atoms with Gasteiger partial charge in [-0.15, -0.1) is 0 Å². The molecular weight excluding hydrogens is 379 g/mol. The van der Waals surface area contributed by atoms with E-state index in [1.807, 2.05) is 56.3 Å². The molecule has 2 aromatic rings. The summed E-state index contributed by atoms with van der Waals surface area (Å²) < 4.78 is 0.931. The Morgan fingerprint density at radius 3 is 2.67 bits per heavy atom. The number of aromatic nitrogens is 2. The number of anilines is 1. The number of rotatable bonds is 4. The van der Waals surface area contributed by atoms with Crippen molar-refractivity contribution in [1.29, 1.82) is 0 Å². The monoisotopic (exact) mass is 396 g/mol. The Morgan fingerprint density at radius 1 is 1.29 bits per heavy atom. The van der Waals surface area contributed by atoms with Crippen molar-refractivity contribution in [2.24, 2.45) is 0 Å². The smallest absolute Gasteiger partial charge is 0.252 e. The predicted molar refractivity (Wildman–Crippen MR) is 91.4 cm³/mol. The third kappa shape index (κ3) is 4.13. The Hall–Kier alpha value is -1.70. The molecule has 2 rings (SSSR count). The lowest BCUT2D eigenvalue weighted by atomic mass is 10.2. The zero-order chi connectivity index (χ0) is 15.4. The van der Waals surface area contributed by atoms with E-state index in [1.54, 1.807) is 0 Å². The average Bonchev–Trinajstić information content (AvgIpc) is 2.44. The quantitative estimate of drug-likeness (QED) is 0.807. The second-order valence-corrected chi connectivity index (χ2v) is 6.02. The highest BCUT2D eigenvalue weighted by molar-refractivity contribution is 14.1. The molecule has 1 aromatic heterocycles. The van der Waals surface area contributed by atoms with E-state index in [1.165, 1.54) is 0 Å². The van der Waals surface area contributed by atoms with Crippen LogP contribution in [0.15, 0.2) is 30.3 Å². The molecule has 0 fully saturated rings. The van der Waals surface area contributed by atoms with E-state index in [-0.39, 0.29) is 5.91 Å². The highest BCUT2D eigenvalue weighted by atomic mass is 127. The summed E-state index contributed by atoms with van der Waals surface area (Å²) in [6.45, 7) is 2.30. The number of hydrogen-bond acceptors (Lipinski definition) is 4. The Morgan fingerprint density at radius 2 is 2.00 bits per heavy atom. The van der Waals surface area contributed by atoms with Crippen LogP contribution in [0.2, 0.25) is 0 Å². The fraction of sp³-hybridized carbons (Fsp3) is 0.267. The highest BCUT2D eigenvalue weighted by Crippen LogP contribution is 2.12. The van der Waals surface area contributed by atoms with E-state index < -0.39 is 0 Å². The maximum absolute atomic E-state index is 12.2. The van der Waals surface area contributed by atoms with Crippen molar-refractivity contribution in [2.45, 2.75) is 13.5 Å². The lowest BCUT2D eigenvalue weighted by molar-refractivity contribution is 0.0949. The molecule has 0 radical (unpaired) electrons. The SMILES string of the molecule is Cc1cc(CNC(=O)c2ccccc2I)nc(N(C)C)n1. The van der Waals surface area contributed by atoms with Gasteiger partial charge in [0.25, 0.3) is 5.91 Å². The summed E-state index contributed by atoms with van der Waals surface area (Å²) >= 11 is 2.16. The van der Waals surface area contributed by atoms with Gasteiger partial charge in [0.2, 0.25) is 5.95 Å². The molecule has 110 valence electrons. The van der Waals surface area contributed by atoms with Crippen LogP contribution in [0.4, 0.5) is 5.95 Å². The van der Waals surface area contributed by atoms with Crippen LogP contribution in [0, 0.1) is 10.5 Å². The molecule has 1 N–H and O–H groups in total. The van der Waals surface area contributed by atoms with Crippen molar-refractivity contribution in [1.82, 2.24) is 15.3 Å². The Labute approximate surface area is 137 Å². The fourth-order valence-corrected chi connectivity index (χ4v) is 2.45. The van der Waals surface area contributed by atoms with Gasteiger partial charge < -0.3 is 10.2 Å². The van der Waals surface area contributed by atoms with Crippen molar-refractivity contribution in [3.63, 3.8) is 0 Å². The molecule has 0 spiro atoms. The predicted octanol–water partition coefficient (Wildman–Crippen LogP) is 2.39. The third-order valence-electron chi connectivity index (χ3n) is 2.84. The number of carbonyl (C=O) groups excluding carboxylic acids is 1. The molecule has 0 aliphatic heterocycles. The first-order valence-electron chi connectivity index (χ1n) is 6.52. The van der Waals surface area contributed by atoms with Crippen molar-refractivity contribution < 1.29 is 4.79 Å². The normalized spacial score (nSPS) is 10.3. The second kappa shape index (κ2) is 6.84. The maximum atomic E-state index is 12.2. The molecule has 0 bridgehead atoms. The second-order valence-electron chi connectivity index (χ2n) is 4.86. The first-order chi connectivity index (χ1) is 9.97. The standard InChI is InChI=1S/C15H17IN4O/c1-10-8-11(19-15(18-10)20(2)3)9-17-14(21)12-6-4-5-7-13(12)16/h4-8H,9H2,1-3H3,(H,17,21). The largest absolute Gasteiger partial charge is 0.347 e. The van der Waals surface area contributed by atoms with Gasteiger partial charge in [-0.2, -0.15) is 0 Å². The lowest BCUT2D eigenvalue weighted by Crippen LogP contribution is -2.25. The maximum Gasteiger partial charge on any atom is 0.252 e. The van der Waals surface area contributed by atoms with Gasteiger partial charge in [-0.1, -0.05) is 12.1 Å². The summed E-state index contributed by atoms with van der Waals surface area (Å²) in [5, 5.41) is 2.90. The number of aryl methyl sites for hydroxylation is 1. The van der Waals surface area contributed by atoms with E-state index in [2.05, 4.69) is 37.9 Å². The first-order valence-corrected chi connectivity index (χ1v) is 7.60. The number of nitrogens with zero attached hydrogens (tertiary/aromatic N) is 3. The van der Waals surface area contributed by atoms with Gasteiger partial charge in [0.1, 0.15) is 0 Å². The molecule has 0 aliphatic rings. The van der Waals surface area contributed by atoms with Crippen LogP contribution in [0.25, 0.3) is 0 Å². The van der Waals surface area contributed by atoms with Crippen LogP contribution >= 0.6 is 22.6 Å². The van der Waals surface area contributed by atoms with Crippen LogP contribution in [0.1, 0.15) is 21.7 Å². The molecule has 0 aliphatic carbocycles. The lowest BCUT2D eigenvalue weighted by Gasteiger charge is -2.13. The van der Waals surface area contributed by atoms with Crippen molar-refractivity contribution in [3.8, 4) is 0 Å². The Bertz CT molecular complexity index is 658. The van der Waals surface area contributed by atoms with Crippen LogP contribution in [-0.4, -0.2) is 30.0 Å². The van der Waals surface area contributed by atoms with E-state index >= 15 is 0 Å². The minimum Gasteiger partial charge on any atom is -0.347 e. The van der Waals surface area contributed by atoms with Gasteiger partial charge in [0.05, 0.1) is 17.8 Å². The van der Waals surface area contributed by atoms with Gasteiger partial charge in [-0.3, -0.25) is 4.79 Å². The van der Waals surface area contributed by atoms with Gasteiger partial charge in [-0.25, -0.2) is 9.97 Å². The summed E-state index contributed by atoms with van der Waals surface area (Å²) in [6.07, 6.45) is 0. The number of benzene rings is 1. The summed E-state index contributed by atoms with van der Waals surface area (Å²) in [7, 11) is 3.78. The van der Waals surface area contributed by atoms with Crippen LogP contribution in [0.5, 0.6) is 0 Å². The van der Waals surface area contributed by atoms with Crippen molar-refractivity contribution in [3.05, 3.63) is 50.9 Å². The van der Waals surface area contributed by atoms with Gasteiger partial charge in [0, 0.05) is 23.4 Å². The molecule has 0 unspecified atom stereocenters. The highest BCUT2D eigenvalue weighted by Gasteiger charge is 2.10. The van der Waals surface area contributed by atoms with E-state index in [0.29, 0.717) is 18.1 Å². The number of nitrogens with one attached hydrogen (secondary N) is 1. The molecule has 1 aromatic carbocycles. The third-order valence-corrected chi connectivity index (χ3v) is 3.78. The average molecular weight is 396 g/mol. The summed E-state index contributed by atoms with van der Waals surface area (Å²) in [5.74, 6) is 0.552. The topological polar surface area (TPSA) is 58.1 Å². The molecule has 5 nitrogen and oxygen atoms in total. The van der Waals surface area contributed by atoms with E-state index in [4.69, 9.17) is 0 Å². The molecule has 0 saturated carbocycles. The number of hydrogen-bond donors (Lipinski definition) is 1. The summed E-state index contributed by atoms with van der Waals surface area (Å²) in [5.41, 5.74) is 2.36. The molecule has 1 heterocycles. The Balaban J connectivity index is 2.10. The van der Waals surface area contributed by atoms with Crippen LogP contribution < -0.4 is 10.2 Å². The zero-order valence-electron chi connectivity index (χ0n) is 12.2. The molecule has 0 atom stereocenters. The van der Waals surface area contributed by atoms with Crippen molar-refractivity contribution >= 4 is 34.4 Å². The van der Waals surface area contributed by atoms with Crippen molar-refractivity contribution in [2.75, 3.05) is 19.0 Å².